The predicted octanol–water partition coefficient (Wildman–Crippen LogP) is 2.45. The molecule has 0 atom stereocenters. The van der Waals surface area contributed by atoms with Gasteiger partial charge in [0.15, 0.2) is 0 Å². The molecule has 0 rings (SSSR count). The molecule has 1 N–H and O–H groups in total. The second-order valence-corrected chi connectivity index (χ2v) is 2.69. The van der Waals surface area contributed by atoms with Gasteiger partial charge < -0.3 is 5.11 Å². The molecule has 0 saturated heterocycles. The first-order valence-electron chi connectivity index (χ1n) is 3.75. The van der Waals surface area contributed by atoms with E-state index in [4.69, 9.17) is 5.11 Å². The molecular formula is C10H16AcO. The van der Waals surface area contributed by atoms with Crippen molar-refractivity contribution in [1.29, 1.82) is 0 Å². The van der Waals surface area contributed by atoms with Crippen LogP contribution in [0.4, 0.5) is 0 Å². The van der Waals surface area contributed by atoms with E-state index < -0.39 is 0 Å². The van der Waals surface area contributed by atoms with Crippen LogP contribution in [0.15, 0.2) is 36.0 Å². The van der Waals surface area contributed by atoms with Crippen LogP contribution in [0, 0.1) is 44.1 Å². The van der Waals surface area contributed by atoms with E-state index in [1.165, 1.54) is 5.57 Å². The quantitative estimate of drug-likeness (QED) is 0.588. The van der Waals surface area contributed by atoms with E-state index in [1.54, 1.807) is 0 Å². The van der Waals surface area contributed by atoms with E-state index in [0.29, 0.717) is 0 Å². The summed E-state index contributed by atoms with van der Waals surface area (Å²) in [7, 11) is 0. The fourth-order valence-electron chi connectivity index (χ4n) is 0.685. The Morgan fingerprint density at radius 2 is 2.00 bits per heavy atom. The summed E-state index contributed by atoms with van der Waals surface area (Å²) >= 11 is 0. The summed E-state index contributed by atoms with van der Waals surface area (Å²) in [5, 5.41) is 8.53. The first-order valence-corrected chi connectivity index (χ1v) is 3.75. The van der Waals surface area contributed by atoms with Gasteiger partial charge in [0, 0.05) is 44.1 Å². The van der Waals surface area contributed by atoms with Crippen LogP contribution in [-0.2, 0) is 0 Å². The summed E-state index contributed by atoms with van der Waals surface area (Å²) in [5.74, 6) is 0. The van der Waals surface area contributed by atoms with E-state index in [0.717, 1.165) is 12.0 Å². The molecule has 12 heavy (non-hydrogen) atoms. The van der Waals surface area contributed by atoms with E-state index in [2.05, 4.69) is 6.58 Å². The van der Waals surface area contributed by atoms with Gasteiger partial charge in [0.1, 0.15) is 0 Å². The van der Waals surface area contributed by atoms with Crippen molar-refractivity contribution in [3.8, 4) is 0 Å². The number of hydrogen-bond acceptors (Lipinski definition) is 1. The Balaban J connectivity index is 0. The van der Waals surface area contributed by atoms with Crippen molar-refractivity contribution < 1.29 is 49.2 Å². The molecule has 0 aromatic heterocycles. The number of aliphatic hydroxyl groups is 1. The normalized spacial score (nSPS) is 11.4. The van der Waals surface area contributed by atoms with Crippen molar-refractivity contribution in [1.82, 2.24) is 0 Å². The van der Waals surface area contributed by atoms with Gasteiger partial charge >= 0.3 is 0 Å². The van der Waals surface area contributed by atoms with Gasteiger partial charge in [-0.2, -0.15) is 0 Å². The molecule has 0 spiro atoms. The number of aliphatic hydroxyl groups excluding tert-OH is 1. The Morgan fingerprint density at radius 1 is 1.42 bits per heavy atom. The van der Waals surface area contributed by atoms with Gasteiger partial charge in [0.2, 0.25) is 0 Å². The Morgan fingerprint density at radius 3 is 2.42 bits per heavy atom. The summed E-state index contributed by atoms with van der Waals surface area (Å²) < 4.78 is 0. The molecular weight excluding hydrogens is 363 g/mol. The van der Waals surface area contributed by atoms with Gasteiger partial charge in [-0.3, -0.25) is 0 Å². The average molecular weight is 379 g/mol. The number of rotatable bonds is 4. The molecule has 2 heteroatoms. The van der Waals surface area contributed by atoms with Gasteiger partial charge in [-0.15, -0.1) is 0 Å². The monoisotopic (exact) mass is 379 g/mol. The fraction of sp³-hybridized carbons (Fsp3) is 0.400. The molecule has 0 aromatic carbocycles. The van der Waals surface area contributed by atoms with Crippen LogP contribution in [0.2, 0.25) is 0 Å². The van der Waals surface area contributed by atoms with Crippen LogP contribution < -0.4 is 0 Å². The summed E-state index contributed by atoms with van der Waals surface area (Å²) in [5.41, 5.74) is 2.24. The van der Waals surface area contributed by atoms with Gasteiger partial charge in [0.05, 0.1) is 6.61 Å². The number of hydrogen-bond donors (Lipinski definition) is 1. The molecule has 0 aliphatic heterocycles. The third-order valence-corrected chi connectivity index (χ3v) is 1.28. The minimum absolute atomic E-state index is 0. The molecule has 0 saturated carbocycles. The van der Waals surface area contributed by atoms with E-state index in [1.807, 2.05) is 32.1 Å². The number of allylic oxidation sites excluding steroid dienone is 4. The second-order valence-electron chi connectivity index (χ2n) is 2.69. The van der Waals surface area contributed by atoms with Crippen LogP contribution in [0.1, 0.15) is 20.3 Å². The Labute approximate surface area is 111 Å². The van der Waals surface area contributed by atoms with Crippen molar-refractivity contribution in [3.05, 3.63) is 36.0 Å². The van der Waals surface area contributed by atoms with Crippen molar-refractivity contribution in [2.45, 2.75) is 20.3 Å². The molecule has 0 heterocycles. The Kier molecular flexibility index (Phi) is 12.2. The largest absolute Gasteiger partial charge is 0.392 e. The van der Waals surface area contributed by atoms with Gasteiger partial charge in [-0.1, -0.05) is 36.0 Å². The molecule has 0 aromatic rings. The zero-order valence-electron chi connectivity index (χ0n) is 7.88. The summed E-state index contributed by atoms with van der Waals surface area (Å²) in [6.07, 6.45) is 6.73. The third kappa shape index (κ3) is 10.6. The third-order valence-electron chi connectivity index (χ3n) is 1.28. The van der Waals surface area contributed by atoms with Gasteiger partial charge in [-0.05, 0) is 20.3 Å². The minimum Gasteiger partial charge on any atom is -0.392 e. The maximum absolute atomic E-state index is 8.53. The van der Waals surface area contributed by atoms with Crippen LogP contribution in [0.25, 0.3) is 0 Å². The standard InChI is InChI=1S/C10H16O.Ac/c1-9(2)5-4-6-10(3)7-8-11;/h4-5,7,11H,1,6,8H2,2-3H3;/b5-4+,10-7+;. The first kappa shape index (κ1) is 15.1. The summed E-state index contributed by atoms with van der Waals surface area (Å²) in [6, 6.07) is 0. The molecule has 0 fully saturated rings. The Hall–Kier alpha value is 0.622. The van der Waals surface area contributed by atoms with Crippen molar-refractivity contribution >= 4 is 0 Å². The van der Waals surface area contributed by atoms with Crippen LogP contribution in [-0.4, -0.2) is 11.7 Å². The molecule has 1 radical (unpaired) electrons. The molecule has 65 valence electrons. The van der Waals surface area contributed by atoms with E-state index in [9.17, 15) is 0 Å². The van der Waals surface area contributed by atoms with Crippen molar-refractivity contribution in [3.63, 3.8) is 0 Å². The Bertz CT molecular complexity index is 180. The van der Waals surface area contributed by atoms with Crippen LogP contribution >= 0.6 is 0 Å². The smallest absolute Gasteiger partial charge is 0.0615 e. The second kappa shape index (κ2) is 9.71. The molecule has 0 aliphatic carbocycles. The van der Waals surface area contributed by atoms with Crippen molar-refractivity contribution in [2.75, 3.05) is 6.61 Å². The fourth-order valence-corrected chi connectivity index (χ4v) is 0.685. The van der Waals surface area contributed by atoms with Gasteiger partial charge in [-0.25, -0.2) is 0 Å². The first-order chi connectivity index (χ1) is 5.16. The predicted molar refractivity (Wildman–Crippen MR) is 49.4 cm³/mol. The zero-order valence-corrected chi connectivity index (χ0v) is 12.6. The molecule has 0 bridgehead atoms. The zero-order chi connectivity index (χ0) is 8.69. The maximum Gasteiger partial charge on any atom is 0.0615 e. The van der Waals surface area contributed by atoms with Crippen molar-refractivity contribution in [2.24, 2.45) is 0 Å². The summed E-state index contributed by atoms with van der Waals surface area (Å²) in [4.78, 5) is 0. The minimum atomic E-state index is 0. The van der Waals surface area contributed by atoms with E-state index >= 15 is 0 Å². The molecule has 1 nitrogen and oxygen atoms in total. The van der Waals surface area contributed by atoms with Crippen LogP contribution in [0.5, 0.6) is 0 Å². The molecule has 0 aliphatic rings. The molecule has 0 amide bonds. The molecule has 0 unspecified atom stereocenters. The maximum atomic E-state index is 8.53. The summed E-state index contributed by atoms with van der Waals surface area (Å²) in [6.45, 7) is 7.83. The van der Waals surface area contributed by atoms with Crippen LogP contribution in [0.3, 0.4) is 0 Å². The van der Waals surface area contributed by atoms with E-state index in [-0.39, 0.29) is 50.7 Å². The SMILES string of the molecule is C=C(C)/C=C/C/C(C)=C/CO.[Ac]. The topological polar surface area (TPSA) is 20.2 Å². The van der Waals surface area contributed by atoms with Gasteiger partial charge in [0.25, 0.3) is 0 Å². The average Bonchev–Trinajstić information content (AvgIpc) is 1.87.